The van der Waals surface area contributed by atoms with Crippen molar-refractivity contribution in [2.75, 3.05) is 24.3 Å². The lowest BCUT2D eigenvalue weighted by Crippen LogP contribution is -2.15. The molecule has 0 radical (unpaired) electrons. The van der Waals surface area contributed by atoms with Crippen molar-refractivity contribution in [3.63, 3.8) is 0 Å². The largest absolute Gasteiger partial charge is 0.497 e. The Morgan fingerprint density at radius 2 is 2.00 bits per heavy atom. The number of H-pyrrole nitrogens is 1. The van der Waals surface area contributed by atoms with Crippen LogP contribution in [0.3, 0.4) is 0 Å². The molecule has 0 bridgehead atoms. The predicted octanol–water partition coefficient (Wildman–Crippen LogP) is 3.12. The summed E-state index contributed by atoms with van der Waals surface area (Å²) in [6, 6.07) is 11.0. The lowest BCUT2D eigenvalue weighted by molar-refractivity contribution is -0.113. The van der Waals surface area contributed by atoms with E-state index in [4.69, 9.17) is 10.5 Å². The van der Waals surface area contributed by atoms with E-state index >= 15 is 0 Å². The zero-order valence-corrected chi connectivity index (χ0v) is 17.5. The molecule has 0 saturated heterocycles. The number of methoxy groups -OCH3 is 1. The van der Waals surface area contributed by atoms with Crippen molar-refractivity contribution in [2.24, 2.45) is 5.73 Å². The van der Waals surface area contributed by atoms with Crippen molar-refractivity contribution in [3.8, 4) is 5.75 Å². The Balaban J connectivity index is 1.37. The quantitative estimate of drug-likeness (QED) is 0.389. The molecule has 1 aliphatic rings. The molecule has 9 nitrogen and oxygen atoms in total. The number of aryl methyl sites for hydroxylation is 1. The van der Waals surface area contributed by atoms with Gasteiger partial charge in [-0.25, -0.2) is 4.98 Å². The van der Waals surface area contributed by atoms with E-state index in [0.29, 0.717) is 29.2 Å². The van der Waals surface area contributed by atoms with Crippen LogP contribution in [0.5, 0.6) is 5.75 Å². The van der Waals surface area contributed by atoms with Gasteiger partial charge in [0, 0.05) is 41.2 Å². The fourth-order valence-electron chi connectivity index (χ4n) is 3.10. The maximum absolute atomic E-state index is 12.3. The number of hydrogen-bond donors (Lipinski definition) is 4. The van der Waals surface area contributed by atoms with Crippen molar-refractivity contribution in [1.82, 2.24) is 20.2 Å². The second-order valence-corrected chi connectivity index (χ2v) is 7.47. The fourth-order valence-corrected chi connectivity index (χ4v) is 3.10. The van der Waals surface area contributed by atoms with E-state index in [1.165, 1.54) is 18.9 Å². The molecule has 31 heavy (non-hydrogen) atoms. The van der Waals surface area contributed by atoms with E-state index in [9.17, 15) is 4.79 Å². The summed E-state index contributed by atoms with van der Waals surface area (Å²) >= 11 is 0. The number of nitrogens with zero attached hydrogens (tertiary/aromatic N) is 3. The second kappa shape index (κ2) is 8.86. The molecule has 9 heteroatoms. The van der Waals surface area contributed by atoms with E-state index < -0.39 is 0 Å². The van der Waals surface area contributed by atoms with E-state index in [1.807, 2.05) is 19.1 Å². The maximum Gasteiger partial charge on any atom is 0.225 e. The van der Waals surface area contributed by atoms with Crippen LogP contribution in [0.2, 0.25) is 0 Å². The molecule has 1 saturated carbocycles. The third kappa shape index (κ3) is 5.39. The number of aromatic nitrogens is 4. The van der Waals surface area contributed by atoms with Crippen molar-refractivity contribution >= 4 is 29.1 Å². The highest BCUT2D eigenvalue weighted by atomic mass is 16.5. The van der Waals surface area contributed by atoms with Gasteiger partial charge in [0.2, 0.25) is 5.95 Å². The van der Waals surface area contributed by atoms with E-state index in [-0.39, 0.29) is 12.3 Å². The number of nitrogens with one attached hydrogen (secondary N) is 3. The first-order valence-electron chi connectivity index (χ1n) is 10.1. The van der Waals surface area contributed by atoms with Gasteiger partial charge in [-0.05, 0) is 49.6 Å². The summed E-state index contributed by atoms with van der Waals surface area (Å²) in [4.78, 5) is 21.1. The molecule has 5 N–H and O–H groups in total. The molecule has 2 heterocycles. The Morgan fingerprint density at radius 1 is 1.23 bits per heavy atom. The first-order valence-corrected chi connectivity index (χ1v) is 10.1. The standard InChI is InChI=1S/C22H25N7O2/c1-13-9-20(26-21-11-19(28-29-21)15-3-4-15)27-22(25-13)24-12-16(30)10-18(23)14-5-7-17(31-2)8-6-14/h5-11,15H,3-4,12,23H2,1-2H3,(H3,24,25,26,27,28,29). The van der Waals surface area contributed by atoms with Crippen LogP contribution in [0.25, 0.3) is 5.70 Å². The van der Waals surface area contributed by atoms with Gasteiger partial charge in [-0.2, -0.15) is 10.1 Å². The van der Waals surface area contributed by atoms with Crippen molar-refractivity contribution in [2.45, 2.75) is 25.7 Å². The van der Waals surface area contributed by atoms with Crippen molar-refractivity contribution in [3.05, 3.63) is 59.4 Å². The Labute approximate surface area is 180 Å². The van der Waals surface area contributed by atoms with Gasteiger partial charge in [-0.3, -0.25) is 9.89 Å². The maximum atomic E-state index is 12.3. The number of rotatable bonds is 9. The van der Waals surface area contributed by atoms with Crippen LogP contribution in [0.15, 0.2) is 42.5 Å². The lowest BCUT2D eigenvalue weighted by atomic mass is 10.1. The normalized spacial score (nSPS) is 13.7. The van der Waals surface area contributed by atoms with Gasteiger partial charge in [-0.1, -0.05) is 0 Å². The predicted molar refractivity (Wildman–Crippen MR) is 119 cm³/mol. The molecule has 160 valence electrons. The topological polar surface area (TPSA) is 131 Å². The van der Waals surface area contributed by atoms with Gasteiger partial charge in [0.1, 0.15) is 11.6 Å². The number of anilines is 3. The van der Waals surface area contributed by atoms with Crippen LogP contribution in [0.4, 0.5) is 17.6 Å². The van der Waals surface area contributed by atoms with Crippen LogP contribution in [0, 0.1) is 6.92 Å². The number of carbonyl (C=O) groups is 1. The van der Waals surface area contributed by atoms with E-state index in [0.717, 1.165) is 22.7 Å². The van der Waals surface area contributed by atoms with Crippen molar-refractivity contribution in [1.29, 1.82) is 0 Å². The van der Waals surface area contributed by atoms with Gasteiger partial charge in [-0.15, -0.1) is 0 Å². The minimum absolute atomic E-state index is 0.0218. The van der Waals surface area contributed by atoms with Gasteiger partial charge < -0.3 is 21.1 Å². The Kier molecular flexibility index (Phi) is 5.83. The molecule has 0 spiro atoms. The van der Waals surface area contributed by atoms with E-state index in [1.54, 1.807) is 31.4 Å². The van der Waals surface area contributed by atoms with Crippen LogP contribution >= 0.6 is 0 Å². The fraction of sp³-hybridized carbons (Fsp3) is 0.273. The van der Waals surface area contributed by atoms with Crippen LogP contribution in [0.1, 0.15) is 35.7 Å². The summed E-state index contributed by atoms with van der Waals surface area (Å²) in [5.74, 6) is 2.79. The van der Waals surface area contributed by atoms with Crippen molar-refractivity contribution < 1.29 is 9.53 Å². The Hall–Kier alpha value is -3.88. The van der Waals surface area contributed by atoms with Gasteiger partial charge in [0.25, 0.3) is 0 Å². The van der Waals surface area contributed by atoms with Crippen LogP contribution in [-0.2, 0) is 4.79 Å². The van der Waals surface area contributed by atoms with Gasteiger partial charge in [0.05, 0.1) is 13.7 Å². The molecule has 0 atom stereocenters. The lowest BCUT2D eigenvalue weighted by Gasteiger charge is -2.08. The molecular formula is C22H25N7O2. The highest BCUT2D eigenvalue weighted by molar-refractivity contribution is 5.98. The average Bonchev–Trinajstić information content (AvgIpc) is 3.51. The molecule has 0 unspecified atom stereocenters. The zero-order valence-electron chi connectivity index (χ0n) is 17.5. The van der Waals surface area contributed by atoms with Gasteiger partial charge in [0.15, 0.2) is 11.6 Å². The molecule has 1 aliphatic carbocycles. The number of ether oxygens (including phenoxy) is 1. The van der Waals surface area contributed by atoms with Gasteiger partial charge >= 0.3 is 0 Å². The summed E-state index contributed by atoms with van der Waals surface area (Å²) < 4.78 is 5.13. The molecule has 4 rings (SSSR count). The molecular weight excluding hydrogens is 394 g/mol. The highest BCUT2D eigenvalue weighted by Crippen LogP contribution is 2.39. The average molecular weight is 419 g/mol. The summed E-state index contributed by atoms with van der Waals surface area (Å²) in [6.45, 7) is 1.88. The third-order valence-electron chi connectivity index (χ3n) is 4.89. The first kappa shape index (κ1) is 20.4. The monoisotopic (exact) mass is 419 g/mol. The highest BCUT2D eigenvalue weighted by Gasteiger charge is 2.25. The SMILES string of the molecule is COc1ccc(C(N)=CC(=O)CNc2nc(C)cc(Nc3cc(C4CC4)[nH]n3)n2)cc1. The first-order chi connectivity index (χ1) is 15.0. The zero-order chi connectivity index (χ0) is 21.8. The summed E-state index contributed by atoms with van der Waals surface area (Å²) in [5, 5.41) is 13.5. The summed E-state index contributed by atoms with van der Waals surface area (Å²) in [7, 11) is 1.60. The minimum Gasteiger partial charge on any atom is -0.497 e. The number of nitrogens with two attached hydrogens (primary N) is 1. The number of carbonyl (C=O) groups excluding carboxylic acids is 1. The molecule has 2 aromatic heterocycles. The van der Waals surface area contributed by atoms with Crippen LogP contribution < -0.4 is 21.1 Å². The number of benzene rings is 1. The molecule has 3 aromatic rings. The summed E-state index contributed by atoms with van der Waals surface area (Å²) in [5.41, 5.74) is 9.07. The van der Waals surface area contributed by atoms with Crippen LogP contribution in [-0.4, -0.2) is 39.6 Å². The smallest absolute Gasteiger partial charge is 0.225 e. The minimum atomic E-state index is -0.186. The summed E-state index contributed by atoms with van der Waals surface area (Å²) in [6.07, 6.45) is 3.80. The van der Waals surface area contributed by atoms with E-state index in [2.05, 4.69) is 30.8 Å². The third-order valence-corrected chi connectivity index (χ3v) is 4.89. The molecule has 0 amide bonds. The number of aromatic amines is 1. The molecule has 1 aromatic carbocycles. The second-order valence-electron chi connectivity index (χ2n) is 7.47. The number of ketones is 1. The molecule has 0 aliphatic heterocycles. The molecule has 1 fully saturated rings. The Bertz CT molecular complexity index is 1100. The Morgan fingerprint density at radius 3 is 2.71 bits per heavy atom. The number of hydrogen-bond acceptors (Lipinski definition) is 8.